The molecule has 1 aromatic heterocycles. The fourth-order valence-corrected chi connectivity index (χ4v) is 1.51. The van der Waals surface area contributed by atoms with Gasteiger partial charge in [0, 0.05) is 5.56 Å². The molecule has 0 atom stereocenters. The molecule has 5 heteroatoms. The summed E-state index contributed by atoms with van der Waals surface area (Å²) in [6, 6.07) is 4.57. The molecule has 0 saturated carbocycles. The highest BCUT2D eigenvalue weighted by molar-refractivity contribution is 5.55. The fraction of sp³-hybridized carbons (Fsp3) is 0.308. The Morgan fingerprint density at radius 3 is 2.67 bits per heavy atom. The molecule has 0 aliphatic carbocycles. The van der Waals surface area contributed by atoms with Crippen molar-refractivity contribution in [3.8, 4) is 23.1 Å². The van der Waals surface area contributed by atoms with Crippen LogP contribution in [-0.4, -0.2) is 18.2 Å². The largest absolute Gasteiger partial charge is 0.491 e. The van der Waals surface area contributed by atoms with Crippen LogP contribution < -0.4 is 9.47 Å². The first-order valence-corrected chi connectivity index (χ1v) is 5.76. The van der Waals surface area contributed by atoms with Crippen molar-refractivity contribution in [2.75, 3.05) is 13.2 Å². The van der Waals surface area contributed by atoms with E-state index in [1.54, 1.807) is 19.1 Å². The summed E-state index contributed by atoms with van der Waals surface area (Å²) in [6.45, 7) is 4.56. The molecule has 0 fully saturated rings. The van der Waals surface area contributed by atoms with Crippen LogP contribution in [0.5, 0.6) is 11.7 Å². The zero-order chi connectivity index (χ0) is 13.0. The topological polar surface area (TPSA) is 44.5 Å². The van der Waals surface area contributed by atoms with E-state index in [2.05, 4.69) is 4.98 Å². The molecule has 0 saturated heterocycles. The second-order valence-corrected chi connectivity index (χ2v) is 3.50. The maximum Gasteiger partial charge on any atom is 0.305 e. The van der Waals surface area contributed by atoms with Gasteiger partial charge < -0.3 is 13.9 Å². The third-order valence-electron chi connectivity index (χ3n) is 2.25. The summed E-state index contributed by atoms with van der Waals surface area (Å²) in [5.41, 5.74) is 0.543. The summed E-state index contributed by atoms with van der Waals surface area (Å²) >= 11 is 0. The predicted octanol–water partition coefficient (Wildman–Crippen LogP) is 3.28. The molecule has 1 heterocycles. The summed E-state index contributed by atoms with van der Waals surface area (Å²) in [6.07, 6.45) is 1.47. The van der Waals surface area contributed by atoms with Gasteiger partial charge in [-0.15, -0.1) is 0 Å². The van der Waals surface area contributed by atoms with Crippen molar-refractivity contribution in [2.24, 2.45) is 0 Å². The highest BCUT2D eigenvalue weighted by atomic mass is 19.1. The van der Waals surface area contributed by atoms with Gasteiger partial charge in [0.2, 0.25) is 5.89 Å². The van der Waals surface area contributed by atoms with Crippen molar-refractivity contribution in [2.45, 2.75) is 13.8 Å². The van der Waals surface area contributed by atoms with Gasteiger partial charge in [0.15, 0.2) is 11.6 Å². The zero-order valence-electron chi connectivity index (χ0n) is 10.3. The highest BCUT2D eigenvalue weighted by Crippen LogP contribution is 2.27. The van der Waals surface area contributed by atoms with E-state index in [9.17, 15) is 4.39 Å². The van der Waals surface area contributed by atoms with Crippen LogP contribution in [0.15, 0.2) is 28.8 Å². The number of rotatable bonds is 5. The summed E-state index contributed by atoms with van der Waals surface area (Å²) in [4.78, 5) is 4.02. The first kappa shape index (κ1) is 12.4. The van der Waals surface area contributed by atoms with Gasteiger partial charge in [0.25, 0.3) is 0 Å². The van der Waals surface area contributed by atoms with Crippen molar-refractivity contribution in [3.63, 3.8) is 0 Å². The minimum atomic E-state index is -0.439. The molecule has 0 aliphatic heterocycles. The molecule has 2 aromatic rings. The van der Waals surface area contributed by atoms with Crippen LogP contribution in [0.1, 0.15) is 13.8 Å². The number of hydrogen-bond donors (Lipinski definition) is 0. The van der Waals surface area contributed by atoms with Gasteiger partial charge in [0.1, 0.15) is 6.20 Å². The lowest BCUT2D eigenvalue weighted by Crippen LogP contribution is -1.94. The molecular weight excluding hydrogens is 237 g/mol. The van der Waals surface area contributed by atoms with Crippen LogP contribution in [0.25, 0.3) is 11.5 Å². The van der Waals surface area contributed by atoms with Crippen molar-refractivity contribution in [3.05, 3.63) is 30.2 Å². The Morgan fingerprint density at radius 2 is 2.00 bits per heavy atom. The van der Waals surface area contributed by atoms with Crippen molar-refractivity contribution < 1.29 is 18.3 Å². The quantitative estimate of drug-likeness (QED) is 0.818. The molecule has 0 unspecified atom stereocenters. The lowest BCUT2D eigenvalue weighted by atomic mass is 10.2. The third-order valence-corrected chi connectivity index (χ3v) is 2.25. The maximum absolute atomic E-state index is 13.7. The van der Waals surface area contributed by atoms with Gasteiger partial charge in [-0.1, -0.05) is 0 Å². The number of nitrogens with zero attached hydrogens (tertiary/aromatic N) is 1. The molecule has 4 nitrogen and oxygen atoms in total. The summed E-state index contributed by atoms with van der Waals surface area (Å²) < 4.78 is 29.2. The lowest BCUT2D eigenvalue weighted by molar-refractivity contribution is 0.260. The van der Waals surface area contributed by atoms with E-state index in [1.807, 2.05) is 6.92 Å². The predicted molar refractivity (Wildman–Crippen MR) is 64.2 cm³/mol. The summed E-state index contributed by atoms with van der Waals surface area (Å²) in [5, 5.41) is 0. The van der Waals surface area contributed by atoms with Crippen molar-refractivity contribution in [1.82, 2.24) is 4.98 Å². The molecule has 96 valence electrons. The third kappa shape index (κ3) is 2.61. The van der Waals surface area contributed by atoms with Gasteiger partial charge in [-0.2, -0.15) is 0 Å². The minimum Gasteiger partial charge on any atom is -0.491 e. The summed E-state index contributed by atoms with van der Waals surface area (Å²) in [7, 11) is 0. The van der Waals surface area contributed by atoms with Gasteiger partial charge in [0.05, 0.1) is 13.2 Å². The van der Waals surface area contributed by atoms with Crippen molar-refractivity contribution >= 4 is 0 Å². The molecule has 0 amide bonds. The normalized spacial score (nSPS) is 10.4. The Balaban J connectivity index is 2.24. The molecule has 1 aromatic carbocycles. The van der Waals surface area contributed by atoms with Crippen LogP contribution in [0.3, 0.4) is 0 Å². The number of hydrogen-bond acceptors (Lipinski definition) is 4. The summed E-state index contributed by atoms with van der Waals surface area (Å²) in [5.74, 6) is 0.422. The van der Waals surface area contributed by atoms with Crippen LogP contribution in [0.2, 0.25) is 0 Å². The van der Waals surface area contributed by atoms with Gasteiger partial charge in [-0.25, -0.2) is 9.37 Å². The first-order chi connectivity index (χ1) is 8.74. The second kappa shape index (κ2) is 5.53. The Kier molecular flexibility index (Phi) is 3.82. The average molecular weight is 251 g/mol. The van der Waals surface area contributed by atoms with E-state index in [4.69, 9.17) is 13.9 Å². The molecule has 0 radical (unpaired) electrons. The van der Waals surface area contributed by atoms with Crippen LogP contribution in [-0.2, 0) is 0 Å². The number of ether oxygens (including phenoxy) is 2. The SMILES string of the molecule is CCOc1cnc(-c2ccc(OCC)c(F)c2)o1. The second-order valence-electron chi connectivity index (χ2n) is 3.50. The zero-order valence-corrected chi connectivity index (χ0v) is 10.3. The lowest BCUT2D eigenvalue weighted by Gasteiger charge is -2.04. The minimum absolute atomic E-state index is 0.220. The van der Waals surface area contributed by atoms with E-state index in [1.165, 1.54) is 12.3 Å². The monoisotopic (exact) mass is 251 g/mol. The van der Waals surface area contributed by atoms with Crippen molar-refractivity contribution in [1.29, 1.82) is 0 Å². The molecule has 0 N–H and O–H groups in total. The Labute approximate surface area is 104 Å². The standard InChI is InChI=1S/C13H14FNO3/c1-3-16-11-6-5-9(7-10(11)14)13-15-8-12(18-13)17-4-2/h5-8H,3-4H2,1-2H3. The number of aromatic nitrogens is 1. The van der Waals surface area contributed by atoms with E-state index >= 15 is 0 Å². The fourth-order valence-electron chi connectivity index (χ4n) is 1.51. The van der Waals surface area contributed by atoms with E-state index < -0.39 is 5.82 Å². The van der Waals surface area contributed by atoms with E-state index in [0.717, 1.165) is 0 Å². The highest BCUT2D eigenvalue weighted by Gasteiger charge is 2.10. The van der Waals surface area contributed by atoms with Gasteiger partial charge in [-0.05, 0) is 32.0 Å². The van der Waals surface area contributed by atoms with Gasteiger partial charge >= 0.3 is 5.95 Å². The molecule has 2 rings (SSSR count). The maximum atomic E-state index is 13.7. The van der Waals surface area contributed by atoms with E-state index in [-0.39, 0.29) is 5.75 Å². The Bertz CT molecular complexity index is 525. The molecule has 18 heavy (non-hydrogen) atoms. The van der Waals surface area contributed by atoms with Crippen LogP contribution in [0, 0.1) is 5.82 Å². The van der Waals surface area contributed by atoms with E-state index in [0.29, 0.717) is 30.6 Å². The Morgan fingerprint density at radius 1 is 1.22 bits per heavy atom. The number of oxazole rings is 1. The molecule has 0 bridgehead atoms. The first-order valence-electron chi connectivity index (χ1n) is 5.76. The van der Waals surface area contributed by atoms with Crippen LogP contribution in [0.4, 0.5) is 4.39 Å². The molecule has 0 aliphatic rings. The number of benzene rings is 1. The molecular formula is C13H14FNO3. The molecule has 0 spiro atoms. The van der Waals surface area contributed by atoms with Crippen LogP contribution >= 0.6 is 0 Å². The Hall–Kier alpha value is -2.04. The smallest absolute Gasteiger partial charge is 0.305 e. The number of halogens is 1. The van der Waals surface area contributed by atoms with Gasteiger partial charge in [-0.3, -0.25) is 0 Å². The average Bonchev–Trinajstić information content (AvgIpc) is 2.81.